The highest BCUT2D eigenvalue weighted by atomic mass is 32.2. The molecule has 1 aromatic heterocycles. The van der Waals surface area contributed by atoms with Gasteiger partial charge in [-0.1, -0.05) is 11.8 Å². The fourth-order valence-corrected chi connectivity index (χ4v) is 3.32. The number of nitrogens with two attached hydrogens (primary N) is 1. The van der Waals surface area contributed by atoms with Gasteiger partial charge in [-0.25, -0.2) is 4.98 Å². The summed E-state index contributed by atoms with van der Waals surface area (Å²) in [5.74, 6) is 0.353. The van der Waals surface area contributed by atoms with Gasteiger partial charge in [0.05, 0.1) is 16.9 Å². The Morgan fingerprint density at radius 1 is 1.45 bits per heavy atom. The SMILES string of the molecule is C[C@H]1CCCCN1C(=O)CSc1nc(N)c(C#N)cc1C#N. The predicted octanol–water partition coefficient (Wildman–Crippen LogP) is 1.90. The van der Waals surface area contributed by atoms with Gasteiger partial charge in [-0.15, -0.1) is 0 Å². The number of aromatic nitrogens is 1. The third kappa shape index (κ3) is 3.49. The van der Waals surface area contributed by atoms with Crippen molar-refractivity contribution in [3.63, 3.8) is 0 Å². The molecule has 1 saturated heterocycles. The number of hydrogen-bond donors (Lipinski definition) is 1. The highest BCUT2D eigenvalue weighted by Gasteiger charge is 2.23. The van der Waals surface area contributed by atoms with Gasteiger partial charge in [-0.3, -0.25) is 4.79 Å². The van der Waals surface area contributed by atoms with Gasteiger partial charge in [-0.2, -0.15) is 10.5 Å². The molecule has 0 unspecified atom stereocenters. The van der Waals surface area contributed by atoms with Crippen molar-refractivity contribution in [2.24, 2.45) is 0 Å². The largest absolute Gasteiger partial charge is 0.383 e. The first kappa shape index (κ1) is 16.1. The topological polar surface area (TPSA) is 107 Å². The minimum absolute atomic E-state index is 0.0471. The minimum atomic E-state index is 0.0471. The molecule has 1 atom stereocenters. The Kier molecular flexibility index (Phi) is 5.24. The Morgan fingerprint density at radius 2 is 2.18 bits per heavy atom. The van der Waals surface area contributed by atoms with Crippen LogP contribution >= 0.6 is 11.8 Å². The van der Waals surface area contributed by atoms with Gasteiger partial charge in [0.25, 0.3) is 0 Å². The lowest BCUT2D eigenvalue weighted by Crippen LogP contribution is -2.42. The number of nitriles is 2. The standard InChI is InChI=1S/C15H17N5OS/c1-10-4-2-3-5-20(10)13(21)9-22-15-12(8-17)6-11(7-16)14(18)19-15/h6,10H,2-5,9H2,1H3,(H2,18,19)/t10-/m0/s1. The molecule has 114 valence electrons. The smallest absolute Gasteiger partial charge is 0.233 e. The molecule has 22 heavy (non-hydrogen) atoms. The second-order valence-electron chi connectivity index (χ2n) is 5.22. The number of carbonyl (C=O) groups is 1. The van der Waals surface area contributed by atoms with E-state index in [1.165, 1.54) is 17.8 Å². The molecule has 1 aliphatic heterocycles. The summed E-state index contributed by atoms with van der Waals surface area (Å²) in [6.45, 7) is 2.84. The van der Waals surface area contributed by atoms with Crippen LogP contribution in [0.2, 0.25) is 0 Å². The summed E-state index contributed by atoms with van der Waals surface area (Å²) in [5, 5.41) is 18.4. The van der Waals surface area contributed by atoms with Crippen molar-refractivity contribution in [2.45, 2.75) is 37.3 Å². The number of nitrogens with zero attached hydrogens (tertiary/aromatic N) is 4. The lowest BCUT2D eigenvalue weighted by atomic mass is 10.0. The number of amides is 1. The molecule has 1 amide bonds. The number of carbonyl (C=O) groups excluding carboxylic acids is 1. The third-order valence-corrected chi connectivity index (χ3v) is 4.69. The van der Waals surface area contributed by atoms with Crippen LogP contribution in [0.3, 0.4) is 0 Å². The second-order valence-corrected chi connectivity index (χ2v) is 6.18. The average molecular weight is 315 g/mol. The minimum Gasteiger partial charge on any atom is -0.383 e. The molecule has 1 fully saturated rings. The number of hydrogen-bond acceptors (Lipinski definition) is 6. The first-order valence-electron chi connectivity index (χ1n) is 7.09. The molecule has 0 aromatic carbocycles. The molecule has 0 bridgehead atoms. The Bertz CT molecular complexity index is 661. The zero-order valence-corrected chi connectivity index (χ0v) is 13.2. The first-order valence-corrected chi connectivity index (χ1v) is 8.08. The number of piperidine rings is 1. The Morgan fingerprint density at radius 3 is 2.82 bits per heavy atom. The van der Waals surface area contributed by atoms with Gasteiger partial charge < -0.3 is 10.6 Å². The van der Waals surface area contributed by atoms with Crippen LogP contribution in [-0.4, -0.2) is 34.1 Å². The van der Waals surface area contributed by atoms with E-state index in [1.54, 1.807) is 0 Å². The number of likely N-dealkylation sites (tertiary alicyclic amines) is 1. The van der Waals surface area contributed by atoms with Crippen molar-refractivity contribution in [1.82, 2.24) is 9.88 Å². The summed E-state index contributed by atoms with van der Waals surface area (Å²) in [6, 6.07) is 5.57. The number of anilines is 1. The molecule has 7 heteroatoms. The Balaban J connectivity index is 2.08. The van der Waals surface area contributed by atoms with Crippen molar-refractivity contribution < 1.29 is 4.79 Å². The fraction of sp³-hybridized carbons (Fsp3) is 0.467. The van der Waals surface area contributed by atoms with Crippen LogP contribution in [-0.2, 0) is 4.79 Å². The summed E-state index contributed by atoms with van der Waals surface area (Å²) >= 11 is 1.19. The maximum atomic E-state index is 12.3. The maximum Gasteiger partial charge on any atom is 0.233 e. The van der Waals surface area contributed by atoms with Crippen molar-refractivity contribution in [1.29, 1.82) is 10.5 Å². The molecule has 0 aliphatic carbocycles. The summed E-state index contributed by atoms with van der Waals surface area (Å²) in [6.07, 6.45) is 3.22. The molecule has 2 heterocycles. The molecule has 0 saturated carbocycles. The molecule has 0 spiro atoms. The molecule has 1 aromatic rings. The zero-order valence-electron chi connectivity index (χ0n) is 12.4. The highest BCUT2D eigenvalue weighted by molar-refractivity contribution is 8.00. The van der Waals surface area contributed by atoms with Crippen molar-refractivity contribution in [3.05, 3.63) is 17.2 Å². The molecule has 2 N–H and O–H groups in total. The summed E-state index contributed by atoms with van der Waals surface area (Å²) in [7, 11) is 0. The Labute approximate surface area is 133 Å². The maximum absolute atomic E-state index is 12.3. The molecular formula is C15H17N5OS. The summed E-state index contributed by atoms with van der Waals surface area (Å²) < 4.78 is 0. The van der Waals surface area contributed by atoms with Crippen LogP contribution in [0.5, 0.6) is 0 Å². The van der Waals surface area contributed by atoms with Gasteiger partial charge in [0.1, 0.15) is 23.0 Å². The number of nitrogen functional groups attached to an aromatic ring is 1. The normalized spacial score (nSPS) is 17.6. The van der Waals surface area contributed by atoms with E-state index in [9.17, 15) is 4.79 Å². The number of rotatable bonds is 3. The van der Waals surface area contributed by atoms with Gasteiger partial charge in [0.15, 0.2) is 0 Å². The van der Waals surface area contributed by atoms with E-state index in [1.807, 2.05) is 17.0 Å². The summed E-state index contributed by atoms with van der Waals surface area (Å²) in [5.41, 5.74) is 6.13. The quantitative estimate of drug-likeness (QED) is 0.854. The second kappa shape index (κ2) is 7.15. The van der Waals surface area contributed by atoms with E-state index >= 15 is 0 Å². The molecule has 1 aliphatic rings. The van der Waals surface area contributed by atoms with Crippen LogP contribution < -0.4 is 5.73 Å². The van der Waals surface area contributed by atoms with Crippen molar-refractivity contribution in [3.8, 4) is 12.1 Å². The van der Waals surface area contributed by atoms with E-state index in [0.717, 1.165) is 25.8 Å². The lowest BCUT2D eigenvalue weighted by molar-refractivity contribution is -0.131. The molecule has 0 radical (unpaired) electrons. The van der Waals surface area contributed by atoms with Gasteiger partial charge in [0.2, 0.25) is 5.91 Å². The van der Waals surface area contributed by atoms with Crippen LogP contribution in [0, 0.1) is 22.7 Å². The lowest BCUT2D eigenvalue weighted by Gasteiger charge is -2.33. The van der Waals surface area contributed by atoms with Gasteiger partial charge >= 0.3 is 0 Å². The Hall–Kier alpha value is -2.25. The monoisotopic (exact) mass is 315 g/mol. The molecular weight excluding hydrogens is 298 g/mol. The van der Waals surface area contributed by atoms with Crippen LogP contribution in [0.15, 0.2) is 11.1 Å². The van der Waals surface area contributed by atoms with Crippen LogP contribution in [0.4, 0.5) is 5.82 Å². The van der Waals surface area contributed by atoms with Crippen molar-refractivity contribution in [2.75, 3.05) is 18.0 Å². The van der Waals surface area contributed by atoms with Crippen LogP contribution in [0.25, 0.3) is 0 Å². The molecule has 6 nitrogen and oxygen atoms in total. The van der Waals surface area contributed by atoms with Gasteiger partial charge in [-0.05, 0) is 32.3 Å². The highest BCUT2D eigenvalue weighted by Crippen LogP contribution is 2.25. The fourth-order valence-electron chi connectivity index (χ4n) is 2.47. The zero-order chi connectivity index (χ0) is 16.1. The van der Waals surface area contributed by atoms with E-state index < -0.39 is 0 Å². The van der Waals surface area contributed by atoms with E-state index in [4.69, 9.17) is 16.3 Å². The predicted molar refractivity (Wildman–Crippen MR) is 83.8 cm³/mol. The molecule has 2 rings (SSSR count). The van der Waals surface area contributed by atoms with E-state index in [0.29, 0.717) is 5.03 Å². The summed E-state index contributed by atoms with van der Waals surface area (Å²) in [4.78, 5) is 18.3. The third-order valence-electron chi connectivity index (χ3n) is 3.71. The number of thioether (sulfide) groups is 1. The van der Waals surface area contributed by atoms with E-state index in [-0.39, 0.29) is 34.6 Å². The van der Waals surface area contributed by atoms with Gasteiger partial charge in [0, 0.05) is 12.6 Å². The first-order chi connectivity index (χ1) is 10.6. The van der Waals surface area contributed by atoms with Crippen molar-refractivity contribution >= 4 is 23.5 Å². The van der Waals surface area contributed by atoms with E-state index in [2.05, 4.69) is 11.9 Å². The average Bonchev–Trinajstić information content (AvgIpc) is 2.53. The van der Waals surface area contributed by atoms with Crippen LogP contribution in [0.1, 0.15) is 37.3 Å². The number of pyridine rings is 1.